The minimum atomic E-state index is -0.396. The zero-order valence-corrected chi connectivity index (χ0v) is 13.6. The molecular formula is C17H25N3O3. The molecule has 23 heavy (non-hydrogen) atoms. The van der Waals surface area contributed by atoms with Crippen LogP contribution >= 0.6 is 0 Å². The zero-order chi connectivity index (χ0) is 16.5. The van der Waals surface area contributed by atoms with Crippen LogP contribution in [0.15, 0.2) is 24.3 Å². The second kappa shape index (κ2) is 9.15. The normalized spacial score (nSPS) is 13.4. The number of urea groups is 1. The average Bonchev–Trinajstić information content (AvgIpc) is 3.35. The summed E-state index contributed by atoms with van der Waals surface area (Å²) in [4.78, 5) is 23.2. The molecule has 1 aromatic carbocycles. The molecule has 1 fully saturated rings. The van der Waals surface area contributed by atoms with Gasteiger partial charge >= 0.3 is 6.03 Å². The van der Waals surface area contributed by atoms with Crippen molar-refractivity contribution in [3.05, 3.63) is 29.8 Å². The van der Waals surface area contributed by atoms with Gasteiger partial charge in [-0.15, -0.1) is 0 Å². The third-order valence-corrected chi connectivity index (χ3v) is 3.49. The lowest BCUT2D eigenvalue weighted by atomic mass is 10.2. The van der Waals surface area contributed by atoms with E-state index in [1.54, 1.807) is 6.07 Å². The van der Waals surface area contributed by atoms with Crippen LogP contribution in [0.4, 0.5) is 10.5 Å². The van der Waals surface area contributed by atoms with E-state index in [9.17, 15) is 9.59 Å². The van der Waals surface area contributed by atoms with Crippen LogP contribution in [-0.2, 0) is 16.1 Å². The van der Waals surface area contributed by atoms with Crippen molar-refractivity contribution in [3.8, 4) is 0 Å². The predicted octanol–water partition coefficient (Wildman–Crippen LogP) is 2.26. The number of hydrogen-bond donors (Lipinski definition) is 3. The molecular weight excluding hydrogens is 294 g/mol. The Morgan fingerprint density at radius 3 is 2.83 bits per heavy atom. The van der Waals surface area contributed by atoms with E-state index >= 15 is 0 Å². The van der Waals surface area contributed by atoms with Crippen LogP contribution in [0.25, 0.3) is 0 Å². The maximum Gasteiger partial charge on any atom is 0.319 e. The van der Waals surface area contributed by atoms with Gasteiger partial charge in [-0.2, -0.15) is 0 Å². The predicted molar refractivity (Wildman–Crippen MR) is 89.1 cm³/mol. The van der Waals surface area contributed by atoms with Crippen molar-refractivity contribution in [2.75, 3.05) is 25.0 Å². The fourth-order valence-corrected chi connectivity index (χ4v) is 2.03. The summed E-state index contributed by atoms with van der Waals surface area (Å²) in [6.45, 7) is 3.92. The molecule has 0 radical (unpaired) electrons. The highest BCUT2D eigenvalue weighted by atomic mass is 16.5. The third-order valence-electron chi connectivity index (χ3n) is 3.49. The van der Waals surface area contributed by atoms with Crippen LogP contribution < -0.4 is 16.0 Å². The van der Waals surface area contributed by atoms with Crippen LogP contribution in [-0.4, -0.2) is 31.6 Å². The molecule has 1 saturated carbocycles. The lowest BCUT2D eigenvalue weighted by Crippen LogP contribution is -2.39. The molecule has 6 heteroatoms. The number of amides is 3. The number of carbonyl (C=O) groups excluding carboxylic acids is 2. The van der Waals surface area contributed by atoms with Crippen LogP contribution in [0.3, 0.4) is 0 Å². The minimum absolute atomic E-state index is 0.0317. The maximum absolute atomic E-state index is 11.8. The van der Waals surface area contributed by atoms with Crippen molar-refractivity contribution in [2.24, 2.45) is 5.92 Å². The smallest absolute Gasteiger partial charge is 0.319 e. The second-order valence-electron chi connectivity index (χ2n) is 5.82. The first-order chi connectivity index (χ1) is 11.2. The summed E-state index contributed by atoms with van der Waals surface area (Å²) < 4.78 is 5.64. The van der Waals surface area contributed by atoms with Gasteiger partial charge in [-0.3, -0.25) is 4.79 Å². The summed E-state index contributed by atoms with van der Waals surface area (Å²) in [6.07, 6.45) is 3.41. The van der Waals surface area contributed by atoms with E-state index < -0.39 is 6.03 Å². The third kappa shape index (κ3) is 7.15. The zero-order valence-electron chi connectivity index (χ0n) is 13.6. The van der Waals surface area contributed by atoms with E-state index in [1.807, 2.05) is 25.1 Å². The Hall–Kier alpha value is -2.08. The first kappa shape index (κ1) is 17.3. The van der Waals surface area contributed by atoms with Crippen LogP contribution in [0.1, 0.15) is 31.7 Å². The molecule has 3 amide bonds. The molecule has 1 aromatic rings. The van der Waals surface area contributed by atoms with Gasteiger partial charge in [-0.1, -0.05) is 19.1 Å². The Kier molecular flexibility index (Phi) is 6.87. The Morgan fingerprint density at radius 2 is 2.09 bits per heavy atom. The Balaban J connectivity index is 1.70. The molecule has 0 aromatic heterocycles. The summed E-state index contributed by atoms with van der Waals surface area (Å²) in [6, 6.07) is 7.13. The quantitative estimate of drug-likeness (QED) is 0.653. The summed E-state index contributed by atoms with van der Waals surface area (Å²) in [5.74, 6) is 0.546. The highest BCUT2D eigenvalue weighted by Crippen LogP contribution is 2.29. The van der Waals surface area contributed by atoms with E-state index in [4.69, 9.17) is 4.74 Å². The van der Waals surface area contributed by atoms with Crippen molar-refractivity contribution in [2.45, 2.75) is 32.8 Å². The summed E-state index contributed by atoms with van der Waals surface area (Å²) in [5, 5.41) is 7.95. The molecule has 126 valence electrons. The molecule has 1 aliphatic carbocycles. The summed E-state index contributed by atoms with van der Waals surface area (Å²) in [7, 11) is 0. The number of carbonyl (C=O) groups is 2. The average molecular weight is 319 g/mol. The molecule has 3 N–H and O–H groups in total. The van der Waals surface area contributed by atoms with E-state index in [-0.39, 0.29) is 12.5 Å². The number of rotatable bonds is 9. The fraction of sp³-hybridized carbons (Fsp3) is 0.529. The molecule has 0 heterocycles. The van der Waals surface area contributed by atoms with Crippen molar-refractivity contribution >= 4 is 17.6 Å². The molecule has 0 unspecified atom stereocenters. The molecule has 0 spiro atoms. The fourth-order valence-electron chi connectivity index (χ4n) is 2.03. The molecule has 0 atom stereocenters. The number of ether oxygens (including phenoxy) is 1. The van der Waals surface area contributed by atoms with Crippen molar-refractivity contribution in [1.82, 2.24) is 10.6 Å². The maximum atomic E-state index is 11.8. The molecule has 6 nitrogen and oxygen atoms in total. The van der Waals surface area contributed by atoms with Crippen LogP contribution in [0.5, 0.6) is 0 Å². The summed E-state index contributed by atoms with van der Waals surface area (Å²) in [5.41, 5.74) is 1.70. The van der Waals surface area contributed by atoms with Gasteiger partial charge in [0.05, 0.1) is 13.2 Å². The molecule has 2 rings (SSSR count). The topological polar surface area (TPSA) is 79.5 Å². The second-order valence-corrected chi connectivity index (χ2v) is 5.82. The van der Waals surface area contributed by atoms with Crippen molar-refractivity contribution in [1.29, 1.82) is 0 Å². The number of benzene rings is 1. The first-order valence-electron chi connectivity index (χ1n) is 8.15. The van der Waals surface area contributed by atoms with E-state index in [0.717, 1.165) is 24.5 Å². The van der Waals surface area contributed by atoms with E-state index in [0.29, 0.717) is 18.8 Å². The lowest BCUT2D eigenvalue weighted by molar-refractivity contribution is -0.120. The van der Waals surface area contributed by atoms with Gasteiger partial charge in [0.15, 0.2) is 0 Å². The molecule has 0 saturated heterocycles. The standard InChI is InChI=1S/C17H25N3O3/c1-2-8-18-16(21)10-19-17(22)20-15-5-3-4-14(9-15)12-23-11-13-6-7-13/h3-5,9,13H,2,6-8,10-12H2,1H3,(H,18,21)(H2,19,20,22). The Bertz CT molecular complexity index is 530. The van der Waals surface area contributed by atoms with E-state index in [1.165, 1.54) is 12.8 Å². The number of nitrogens with one attached hydrogen (secondary N) is 3. The SMILES string of the molecule is CCCNC(=O)CNC(=O)Nc1cccc(COCC2CC2)c1. The molecule has 0 aliphatic heterocycles. The lowest BCUT2D eigenvalue weighted by Gasteiger charge is -2.09. The van der Waals surface area contributed by atoms with Gasteiger partial charge in [-0.25, -0.2) is 4.79 Å². The largest absolute Gasteiger partial charge is 0.376 e. The molecule has 1 aliphatic rings. The number of anilines is 1. The first-order valence-corrected chi connectivity index (χ1v) is 8.15. The van der Waals surface area contributed by atoms with Crippen LogP contribution in [0, 0.1) is 5.92 Å². The Labute approximate surface area is 137 Å². The number of hydrogen-bond acceptors (Lipinski definition) is 3. The van der Waals surface area contributed by atoms with Crippen molar-refractivity contribution < 1.29 is 14.3 Å². The van der Waals surface area contributed by atoms with Gasteiger partial charge in [0.1, 0.15) is 0 Å². The highest BCUT2D eigenvalue weighted by Gasteiger charge is 2.21. The van der Waals surface area contributed by atoms with Crippen molar-refractivity contribution in [3.63, 3.8) is 0 Å². The highest BCUT2D eigenvalue weighted by molar-refractivity contribution is 5.92. The Morgan fingerprint density at radius 1 is 1.26 bits per heavy atom. The van der Waals surface area contributed by atoms with Crippen LogP contribution in [0.2, 0.25) is 0 Å². The minimum Gasteiger partial charge on any atom is -0.376 e. The van der Waals surface area contributed by atoms with Gasteiger partial charge in [-0.05, 0) is 42.9 Å². The van der Waals surface area contributed by atoms with Gasteiger partial charge in [0.2, 0.25) is 5.91 Å². The molecule has 0 bridgehead atoms. The van der Waals surface area contributed by atoms with Gasteiger partial charge < -0.3 is 20.7 Å². The van der Waals surface area contributed by atoms with E-state index in [2.05, 4.69) is 16.0 Å². The van der Waals surface area contributed by atoms with Gasteiger partial charge in [0.25, 0.3) is 0 Å². The monoisotopic (exact) mass is 319 g/mol. The summed E-state index contributed by atoms with van der Waals surface area (Å²) >= 11 is 0. The van der Waals surface area contributed by atoms with Gasteiger partial charge in [0, 0.05) is 18.8 Å².